The number of anilines is 1. The third-order valence-corrected chi connectivity index (χ3v) is 6.13. The molecule has 2 aliphatic rings. The van der Waals surface area contributed by atoms with Crippen LogP contribution in [0.5, 0.6) is 0 Å². The second kappa shape index (κ2) is 9.18. The Labute approximate surface area is 167 Å². The van der Waals surface area contributed by atoms with Crippen molar-refractivity contribution in [2.75, 3.05) is 24.5 Å². The first-order valence-electron chi connectivity index (χ1n) is 10.7. The first-order chi connectivity index (χ1) is 13.8. The Hall–Kier alpha value is -2.43. The zero-order chi connectivity index (χ0) is 19.2. The molecule has 2 fully saturated rings. The second-order valence-electron chi connectivity index (χ2n) is 8.18. The lowest BCUT2D eigenvalue weighted by atomic mass is 9.89. The van der Waals surface area contributed by atoms with Crippen LogP contribution in [0.3, 0.4) is 0 Å². The van der Waals surface area contributed by atoms with Crippen molar-refractivity contribution in [2.45, 2.75) is 44.9 Å². The summed E-state index contributed by atoms with van der Waals surface area (Å²) in [5.41, 5.74) is 1.95. The van der Waals surface area contributed by atoms with Crippen LogP contribution in [-0.4, -0.2) is 35.7 Å². The first kappa shape index (κ1) is 18.9. The van der Waals surface area contributed by atoms with E-state index in [-0.39, 0.29) is 11.8 Å². The number of hydrogen-bond donors (Lipinski definition) is 1. The van der Waals surface area contributed by atoms with Crippen molar-refractivity contribution in [3.8, 4) is 11.3 Å². The van der Waals surface area contributed by atoms with E-state index >= 15 is 0 Å². The molecule has 28 heavy (non-hydrogen) atoms. The quantitative estimate of drug-likeness (QED) is 0.852. The van der Waals surface area contributed by atoms with Gasteiger partial charge in [-0.05, 0) is 43.7 Å². The molecule has 0 unspecified atom stereocenters. The predicted octanol–water partition coefficient (Wildman–Crippen LogP) is 4.06. The number of piperidine rings is 1. The summed E-state index contributed by atoms with van der Waals surface area (Å²) in [6.07, 6.45) is 8.49. The molecule has 1 aromatic heterocycles. The van der Waals surface area contributed by atoms with Gasteiger partial charge in [-0.2, -0.15) is 0 Å². The van der Waals surface area contributed by atoms with Crippen LogP contribution in [0.15, 0.2) is 42.5 Å². The fourth-order valence-electron chi connectivity index (χ4n) is 4.44. The number of hydrogen-bond acceptors (Lipinski definition) is 4. The summed E-state index contributed by atoms with van der Waals surface area (Å²) in [5.74, 6) is 1.80. The molecule has 0 radical (unpaired) electrons. The van der Waals surface area contributed by atoms with Gasteiger partial charge in [0.1, 0.15) is 0 Å². The molecule has 0 bridgehead atoms. The zero-order valence-electron chi connectivity index (χ0n) is 16.5. The topological polar surface area (TPSA) is 58.1 Å². The van der Waals surface area contributed by atoms with E-state index in [1.165, 1.54) is 32.1 Å². The summed E-state index contributed by atoms with van der Waals surface area (Å²) in [6.45, 7) is 2.52. The number of nitrogens with zero attached hydrogens (tertiary/aromatic N) is 3. The molecule has 148 valence electrons. The zero-order valence-corrected chi connectivity index (χ0v) is 16.5. The normalized spacial score (nSPS) is 20.7. The molecule has 5 heteroatoms. The van der Waals surface area contributed by atoms with Gasteiger partial charge in [0.15, 0.2) is 5.82 Å². The molecule has 1 aliphatic heterocycles. The van der Waals surface area contributed by atoms with E-state index in [0.29, 0.717) is 5.92 Å². The SMILES string of the molecule is O=C(NCC1CCCCC1)[C@@H]1CCCN(c2ccc(-c3ccccc3)nn2)C1. The highest BCUT2D eigenvalue weighted by atomic mass is 16.1. The molecule has 1 atom stereocenters. The molecule has 5 nitrogen and oxygen atoms in total. The van der Waals surface area contributed by atoms with Gasteiger partial charge in [0.25, 0.3) is 0 Å². The van der Waals surface area contributed by atoms with Crippen LogP contribution in [0, 0.1) is 11.8 Å². The number of benzene rings is 1. The third-order valence-electron chi connectivity index (χ3n) is 6.13. The van der Waals surface area contributed by atoms with E-state index in [4.69, 9.17) is 0 Å². The van der Waals surface area contributed by atoms with Gasteiger partial charge in [-0.3, -0.25) is 4.79 Å². The largest absolute Gasteiger partial charge is 0.356 e. The van der Waals surface area contributed by atoms with Gasteiger partial charge >= 0.3 is 0 Å². The minimum atomic E-state index is 0.0490. The fourth-order valence-corrected chi connectivity index (χ4v) is 4.44. The van der Waals surface area contributed by atoms with Crippen molar-refractivity contribution in [2.24, 2.45) is 11.8 Å². The molecule has 1 N–H and O–H groups in total. The predicted molar refractivity (Wildman–Crippen MR) is 112 cm³/mol. The Morgan fingerprint density at radius 2 is 1.79 bits per heavy atom. The summed E-state index contributed by atoms with van der Waals surface area (Å²) in [6, 6.07) is 14.1. The van der Waals surface area contributed by atoms with Crippen LogP contribution < -0.4 is 10.2 Å². The maximum Gasteiger partial charge on any atom is 0.224 e. The molecule has 4 rings (SSSR count). The maximum absolute atomic E-state index is 12.7. The van der Waals surface area contributed by atoms with Gasteiger partial charge in [-0.25, -0.2) is 0 Å². The Morgan fingerprint density at radius 3 is 2.54 bits per heavy atom. The average molecular weight is 379 g/mol. The number of carbonyl (C=O) groups is 1. The Balaban J connectivity index is 1.33. The van der Waals surface area contributed by atoms with Gasteiger partial charge in [0.2, 0.25) is 5.91 Å². The van der Waals surface area contributed by atoms with Crippen molar-refractivity contribution < 1.29 is 4.79 Å². The first-order valence-corrected chi connectivity index (χ1v) is 10.7. The molecule has 0 spiro atoms. The van der Waals surface area contributed by atoms with Crippen LogP contribution in [0.4, 0.5) is 5.82 Å². The van der Waals surface area contributed by atoms with Crippen LogP contribution in [0.25, 0.3) is 11.3 Å². The highest BCUT2D eigenvalue weighted by molar-refractivity contribution is 5.79. The van der Waals surface area contributed by atoms with Crippen molar-refractivity contribution in [3.05, 3.63) is 42.5 Å². The van der Waals surface area contributed by atoms with Crippen molar-refractivity contribution in [3.63, 3.8) is 0 Å². The van der Waals surface area contributed by atoms with Crippen molar-refractivity contribution >= 4 is 11.7 Å². The van der Waals surface area contributed by atoms with E-state index in [0.717, 1.165) is 49.6 Å². The summed E-state index contributed by atoms with van der Waals surface area (Å²) < 4.78 is 0. The Kier molecular flexibility index (Phi) is 6.20. The third kappa shape index (κ3) is 4.70. The molecule has 1 amide bonds. The van der Waals surface area contributed by atoms with E-state index < -0.39 is 0 Å². The van der Waals surface area contributed by atoms with E-state index in [2.05, 4.69) is 20.4 Å². The number of amides is 1. The molecule has 2 heterocycles. The summed E-state index contributed by atoms with van der Waals surface area (Å²) in [5, 5.41) is 12.1. The lowest BCUT2D eigenvalue weighted by Crippen LogP contribution is -2.44. The van der Waals surface area contributed by atoms with Crippen molar-refractivity contribution in [1.29, 1.82) is 0 Å². The Morgan fingerprint density at radius 1 is 0.964 bits per heavy atom. The number of nitrogens with one attached hydrogen (secondary N) is 1. The summed E-state index contributed by atoms with van der Waals surface area (Å²) >= 11 is 0. The lowest BCUT2D eigenvalue weighted by molar-refractivity contribution is -0.125. The van der Waals surface area contributed by atoms with Crippen LogP contribution >= 0.6 is 0 Å². The van der Waals surface area contributed by atoms with Gasteiger partial charge < -0.3 is 10.2 Å². The van der Waals surface area contributed by atoms with Crippen LogP contribution in [-0.2, 0) is 4.79 Å². The summed E-state index contributed by atoms with van der Waals surface area (Å²) in [4.78, 5) is 14.9. The number of rotatable bonds is 5. The standard InChI is InChI=1S/C23H30N4O/c28-23(24-16-18-8-3-1-4-9-18)20-12-7-15-27(17-20)22-14-13-21(25-26-22)19-10-5-2-6-11-19/h2,5-6,10-11,13-14,18,20H,1,3-4,7-9,12,15-17H2,(H,24,28)/t20-/m1/s1. The van der Waals surface area contributed by atoms with E-state index in [9.17, 15) is 4.79 Å². The minimum absolute atomic E-state index is 0.0490. The van der Waals surface area contributed by atoms with Crippen LogP contribution in [0.2, 0.25) is 0 Å². The smallest absolute Gasteiger partial charge is 0.224 e. The molecule has 2 aromatic rings. The molecular weight excluding hydrogens is 348 g/mol. The Bertz CT molecular complexity index is 756. The minimum Gasteiger partial charge on any atom is -0.356 e. The molecule has 1 aliphatic carbocycles. The maximum atomic E-state index is 12.7. The van der Waals surface area contributed by atoms with Gasteiger partial charge in [-0.1, -0.05) is 49.6 Å². The van der Waals surface area contributed by atoms with Crippen molar-refractivity contribution in [1.82, 2.24) is 15.5 Å². The molecule has 1 saturated carbocycles. The molecule has 1 saturated heterocycles. The average Bonchev–Trinajstić information content (AvgIpc) is 2.79. The highest BCUT2D eigenvalue weighted by Gasteiger charge is 2.27. The van der Waals surface area contributed by atoms with E-state index in [1.54, 1.807) is 0 Å². The van der Waals surface area contributed by atoms with E-state index in [1.807, 2.05) is 42.5 Å². The highest BCUT2D eigenvalue weighted by Crippen LogP contribution is 2.25. The monoisotopic (exact) mass is 378 g/mol. The van der Waals surface area contributed by atoms with Gasteiger partial charge in [0.05, 0.1) is 11.6 Å². The van der Waals surface area contributed by atoms with Gasteiger partial charge in [0, 0.05) is 25.2 Å². The second-order valence-corrected chi connectivity index (χ2v) is 8.18. The fraction of sp³-hybridized carbons (Fsp3) is 0.522. The molecular formula is C23H30N4O. The molecule has 1 aromatic carbocycles. The lowest BCUT2D eigenvalue weighted by Gasteiger charge is -2.33. The van der Waals surface area contributed by atoms with Crippen LogP contribution in [0.1, 0.15) is 44.9 Å². The summed E-state index contributed by atoms with van der Waals surface area (Å²) in [7, 11) is 0. The number of aromatic nitrogens is 2. The number of carbonyl (C=O) groups excluding carboxylic acids is 1. The van der Waals surface area contributed by atoms with Gasteiger partial charge in [-0.15, -0.1) is 10.2 Å².